The number of hydrogen-bond acceptors (Lipinski definition) is 5. The highest BCUT2D eigenvalue weighted by Gasteiger charge is 2.06. The van der Waals surface area contributed by atoms with Gasteiger partial charge in [-0.25, -0.2) is 0 Å². The van der Waals surface area contributed by atoms with Gasteiger partial charge in [0.1, 0.15) is 5.75 Å². The number of rotatable bonds is 9. The van der Waals surface area contributed by atoms with Gasteiger partial charge >= 0.3 is 0 Å². The Bertz CT molecular complexity index is 847. The highest BCUT2D eigenvalue weighted by atomic mass is 35.5. The van der Waals surface area contributed by atoms with E-state index < -0.39 is 10.1 Å². The Labute approximate surface area is 177 Å². The van der Waals surface area contributed by atoms with Crippen LogP contribution in [-0.4, -0.2) is 37.8 Å². The van der Waals surface area contributed by atoms with Crippen molar-refractivity contribution in [1.82, 2.24) is 5.32 Å². The molecule has 0 aromatic heterocycles. The summed E-state index contributed by atoms with van der Waals surface area (Å²) < 4.78 is 31.6. The molecule has 160 valence electrons. The van der Waals surface area contributed by atoms with Crippen molar-refractivity contribution in [2.75, 3.05) is 12.9 Å². The Balaban J connectivity index is 0.000000749. The molecule has 4 N–H and O–H groups in total. The lowest BCUT2D eigenvalue weighted by atomic mass is 10.1. The molecule has 2 aromatic carbocycles. The lowest BCUT2D eigenvalue weighted by molar-refractivity contribution is -0.119. The molecule has 1 unspecified atom stereocenters. The van der Waals surface area contributed by atoms with Gasteiger partial charge in [-0.2, -0.15) is 8.42 Å². The lowest BCUT2D eigenvalue weighted by Gasteiger charge is -2.11. The van der Waals surface area contributed by atoms with Gasteiger partial charge in [-0.15, -0.1) is 0 Å². The van der Waals surface area contributed by atoms with Crippen molar-refractivity contribution < 1.29 is 22.5 Å². The topological polar surface area (TPSA) is 119 Å². The van der Waals surface area contributed by atoms with Crippen molar-refractivity contribution in [3.05, 3.63) is 64.7 Å². The smallest absolute Gasteiger partial charge is 0.261 e. The average molecular weight is 443 g/mol. The summed E-state index contributed by atoms with van der Waals surface area (Å²) in [7, 11) is -3.67. The minimum Gasteiger partial charge on any atom is -0.494 e. The Morgan fingerprint density at radius 2 is 1.66 bits per heavy atom. The molecule has 0 aliphatic rings. The maximum Gasteiger partial charge on any atom is 0.261 e. The van der Waals surface area contributed by atoms with E-state index in [1.807, 2.05) is 48.5 Å². The molecule has 0 fully saturated rings. The zero-order valence-corrected chi connectivity index (χ0v) is 18.0. The van der Waals surface area contributed by atoms with Gasteiger partial charge in [0.15, 0.2) is 0 Å². The average Bonchev–Trinajstić information content (AvgIpc) is 2.64. The predicted molar refractivity (Wildman–Crippen MR) is 115 cm³/mol. The van der Waals surface area contributed by atoms with E-state index in [0.717, 1.165) is 29.2 Å². The molecular formula is C20H27ClN2O5S. The first-order valence-electron chi connectivity index (χ1n) is 8.96. The normalized spacial score (nSPS) is 11.9. The van der Waals surface area contributed by atoms with Crippen molar-refractivity contribution in [3.63, 3.8) is 0 Å². The minimum atomic E-state index is -3.67. The van der Waals surface area contributed by atoms with E-state index in [1.165, 1.54) is 5.56 Å². The predicted octanol–water partition coefficient (Wildman–Crippen LogP) is 2.82. The molecule has 0 heterocycles. The summed E-state index contributed by atoms with van der Waals surface area (Å²) >= 11 is 5.87. The highest BCUT2D eigenvalue weighted by molar-refractivity contribution is 7.85. The number of hydrogen-bond donors (Lipinski definition) is 3. The van der Waals surface area contributed by atoms with Crippen LogP contribution in [0.4, 0.5) is 0 Å². The molecule has 0 aliphatic heterocycles. The van der Waals surface area contributed by atoms with E-state index in [-0.39, 0.29) is 11.9 Å². The standard InChI is InChI=1S/C19H23ClN2O2.CH4O3S/c1-14(19(21)23)22-13-16-6-10-18(11-7-16)24-12-2-3-15-4-8-17(20)9-5-15;1-5(2,3)4/h4-11,14,22H,2-3,12-13H2,1H3,(H2,21,23);1H3,(H,2,3,4). The first-order valence-corrected chi connectivity index (χ1v) is 11.2. The summed E-state index contributed by atoms with van der Waals surface area (Å²) in [5.74, 6) is 0.494. The molecule has 1 atom stereocenters. The van der Waals surface area contributed by atoms with Crippen LogP contribution in [0.25, 0.3) is 0 Å². The lowest BCUT2D eigenvalue weighted by Crippen LogP contribution is -2.38. The number of nitrogens with one attached hydrogen (secondary N) is 1. The van der Waals surface area contributed by atoms with Crippen LogP contribution in [-0.2, 0) is 27.9 Å². The number of amides is 1. The minimum absolute atomic E-state index is 0.339. The quantitative estimate of drug-likeness (QED) is 0.406. The number of carbonyl (C=O) groups excluding carboxylic acids is 1. The number of benzene rings is 2. The second-order valence-electron chi connectivity index (χ2n) is 6.46. The Hall–Kier alpha value is -2.13. The maximum absolute atomic E-state index is 11.0. The van der Waals surface area contributed by atoms with Crippen LogP contribution in [0.5, 0.6) is 5.75 Å². The summed E-state index contributed by atoms with van der Waals surface area (Å²) in [6.07, 6.45) is 2.62. The van der Waals surface area contributed by atoms with E-state index in [1.54, 1.807) is 6.92 Å². The number of carbonyl (C=O) groups is 1. The summed E-state index contributed by atoms with van der Waals surface area (Å²) in [5, 5.41) is 3.83. The molecule has 0 saturated carbocycles. The molecule has 7 nitrogen and oxygen atoms in total. The number of ether oxygens (including phenoxy) is 1. The fraction of sp³-hybridized carbons (Fsp3) is 0.350. The van der Waals surface area contributed by atoms with Crippen LogP contribution >= 0.6 is 11.6 Å². The van der Waals surface area contributed by atoms with E-state index >= 15 is 0 Å². The van der Waals surface area contributed by atoms with Gasteiger partial charge in [0, 0.05) is 11.6 Å². The van der Waals surface area contributed by atoms with Crippen molar-refractivity contribution in [2.45, 2.75) is 32.4 Å². The third kappa shape index (κ3) is 12.8. The Morgan fingerprint density at radius 1 is 1.14 bits per heavy atom. The highest BCUT2D eigenvalue weighted by Crippen LogP contribution is 2.14. The first-order chi connectivity index (χ1) is 13.5. The molecule has 0 spiro atoms. The Morgan fingerprint density at radius 3 is 2.17 bits per heavy atom. The number of halogens is 1. The van der Waals surface area contributed by atoms with Crippen LogP contribution in [0.2, 0.25) is 5.02 Å². The molecule has 29 heavy (non-hydrogen) atoms. The SMILES string of the molecule is CC(NCc1ccc(OCCCc2ccc(Cl)cc2)cc1)C(N)=O.CS(=O)(=O)O. The monoisotopic (exact) mass is 442 g/mol. The Kier molecular flexibility index (Phi) is 10.7. The van der Waals surface area contributed by atoms with Crippen LogP contribution < -0.4 is 15.8 Å². The van der Waals surface area contributed by atoms with E-state index in [4.69, 9.17) is 26.6 Å². The summed E-state index contributed by atoms with van der Waals surface area (Å²) in [6.45, 7) is 3.01. The van der Waals surface area contributed by atoms with E-state index in [2.05, 4.69) is 5.32 Å². The molecule has 0 saturated heterocycles. The third-order valence-corrected chi connectivity index (χ3v) is 4.01. The molecule has 2 rings (SSSR count). The number of primary amides is 1. The molecule has 0 bridgehead atoms. The summed E-state index contributed by atoms with van der Waals surface area (Å²) in [5.41, 5.74) is 7.55. The van der Waals surface area contributed by atoms with Gasteiger partial charge in [0.05, 0.1) is 18.9 Å². The van der Waals surface area contributed by atoms with Crippen molar-refractivity contribution >= 4 is 27.6 Å². The largest absolute Gasteiger partial charge is 0.494 e. The molecular weight excluding hydrogens is 416 g/mol. The van der Waals surface area contributed by atoms with Gasteiger partial charge < -0.3 is 15.8 Å². The van der Waals surface area contributed by atoms with Gasteiger partial charge in [-0.05, 0) is 55.2 Å². The zero-order valence-electron chi connectivity index (χ0n) is 16.5. The van der Waals surface area contributed by atoms with Crippen LogP contribution in [0.1, 0.15) is 24.5 Å². The molecule has 9 heteroatoms. The summed E-state index contributed by atoms with van der Waals surface area (Å²) in [4.78, 5) is 11.0. The second-order valence-corrected chi connectivity index (χ2v) is 8.36. The summed E-state index contributed by atoms with van der Waals surface area (Å²) in [6, 6.07) is 15.4. The van der Waals surface area contributed by atoms with Crippen LogP contribution in [0, 0.1) is 0 Å². The van der Waals surface area contributed by atoms with Gasteiger partial charge in [0.2, 0.25) is 5.91 Å². The maximum atomic E-state index is 11.0. The van der Waals surface area contributed by atoms with E-state index in [9.17, 15) is 13.2 Å². The number of aryl methyl sites for hydroxylation is 1. The fourth-order valence-corrected chi connectivity index (χ4v) is 2.32. The third-order valence-electron chi connectivity index (χ3n) is 3.75. The molecule has 2 aromatic rings. The molecule has 0 radical (unpaired) electrons. The van der Waals surface area contributed by atoms with Gasteiger partial charge in [-0.1, -0.05) is 35.9 Å². The molecule has 0 aliphatic carbocycles. The van der Waals surface area contributed by atoms with Gasteiger partial charge in [-0.3, -0.25) is 9.35 Å². The zero-order chi connectivity index (χ0) is 21.9. The van der Waals surface area contributed by atoms with E-state index in [0.29, 0.717) is 19.4 Å². The van der Waals surface area contributed by atoms with Crippen molar-refractivity contribution in [2.24, 2.45) is 5.73 Å². The number of nitrogens with two attached hydrogens (primary N) is 1. The van der Waals surface area contributed by atoms with Gasteiger partial charge in [0.25, 0.3) is 10.1 Å². The van der Waals surface area contributed by atoms with Crippen molar-refractivity contribution in [1.29, 1.82) is 0 Å². The first kappa shape index (κ1) is 24.9. The fourth-order valence-electron chi connectivity index (χ4n) is 2.19. The van der Waals surface area contributed by atoms with Crippen molar-refractivity contribution in [3.8, 4) is 5.75 Å². The second kappa shape index (κ2) is 12.4. The van der Waals surface area contributed by atoms with Crippen LogP contribution in [0.3, 0.4) is 0 Å². The van der Waals surface area contributed by atoms with Crippen LogP contribution in [0.15, 0.2) is 48.5 Å². The molecule has 1 amide bonds.